The van der Waals surface area contributed by atoms with E-state index in [4.69, 9.17) is 13.3 Å². The number of hydrogen-bond acceptors (Lipinski definition) is 2. The first-order valence-corrected chi connectivity index (χ1v) is 8.78. The Balaban J connectivity index is 0. The number of hydrogen-bond donors (Lipinski definition) is 2. The molecule has 0 aliphatic rings. The number of unbranched alkanes of at least 4 members (excludes halogenated alkanes) is 2. The monoisotopic (exact) mass is 250 g/mol. The molecule has 0 saturated heterocycles. The first-order chi connectivity index (χ1) is 6.27. The summed E-state index contributed by atoms with van der Waals surface area (Å²) in [5.41, 5.74) is 0. The minimum Gasteiger partial charge on any atom is -0.285 e. The van der Waals surface area contributed by atoms with E-state index in [0.29, 0.717) is 0 Å². The van der Waals surface area contributed by atoms with Gasteiger partial charge in [-0.3, -0.25) is 9.11 Å². The van der Waals surface area contributed by atoms with Crippen LogP contribution in [0.4, 0.5) is 0 Å². The molecule has 0 unspecified atom stereocenters. The Morgan fingerprint density at radius 2 is 1.71 bits per heavy atom. The van der Waals surface area contributed by atoms with Crippen LogP contribution in [0, 0.1) is 5.92 Å². The van der Waals surface area contributed by atoms with Gasteiger partial charge in [-0.1, -0.05) is 0 Å². The third-order valence-corrected chi connectivity index (χ3v) is 2.34. The van der Waals surface area contributed by atoms with Crippen molar-refractivity contribution in [2.24, 2.45) is 5.92 Å². The first-order valence-electron chi connectivity index (χ1n) is 4.97. The Bertz CT molecular complexity index is 195. The normalized spacial score (nSPS) is 11.1. The molecule has 0 aromatic rings. The third kappa shape index (κ3) is 37.8. The Morgan fingerprint density at radius 3 is 2.00 bits per heavy atom. The molecule has 0 heterocycles. The molecule has 0 aliphatic heterocycles. The van der Waals surface area contributed by atoms with Crippen LogP contribution in [-0.2, 0) is 20.2 Å². The van der Waals surface area contributed by atoms with Crippen molar-refractivity contribution in [2.45, 2.75) is 43.2 Å². The van der Waals surface area contributed by atoms with E-state index in [1.165, 1.54) is 57.3 Å². The third-order valence-electron chi connectivity index (χ3n) is 1.64. The summed E-state index contributed by atoms with van der Waals surface area (Å²) in [5, 5.41) is 0. The summed E-state index contributed by atoms with van der Waals surface area (Å²) in [6.45, 7) is 4.61. The maximum absolute atomic E-state index is 9.11. The average Bonchev–Trinajstić information content (AvgIpc) is 1.94. The molecule has 6 heteroatoms. The van der Waals surface area contributed by atoms with Crippen molar-refractivity contribution in [3.63, 3.8) is 0 Å². The predicted molar refractivity (Wildman–Crippen MR) is 64.6 cm³/mol. The topological polar surface area (TPSA) is 57.5 Å². The second-order valence-electron chi connectivity index (χ2n) is 3.69. The molecule has 0 fully saturated rings. The Hall–Kier alpha value is 1.29. The van der Waals surface area contributed by atoms with Crippen LogP contribution in [0.25, 0.3) is 0 Å². The van der Waals surface area contributed by atoms with Gasteiger partial charge in [-0.2, -0.15) is 4.21 Å². The van der Waals surface area contributed by atoms with Crippen molar-refractivity contribution in [1.82, 2.24) is 0 Å². The Labute approximate surface area is 110 Å². The Morgan fingerprint density at radius 1 is 1.29 bits per heavy atom. The van der Waals surface area contributed by atoms with Crippen LogP contribution in [-0.4, -0.2) is 41.2 Å². The van der Waals surface area contributed by atoms with Gasteiger partial charge in [0.1, 0.15) is 0 Å². The van der Waals surface area contributed by atoms with Crippen LogP contribution in [0.1, 0.15) is 39.5 Å². The molecule has 14 heavy (non-hydrogen) atoms. The summed E-state index contributed by atoms with van der Waals surface area (Å²) >= 11 is 4.87. The van der Waals surface area contributed by atoms with E-state index in [1.807, 2.05) is 0 Å². The van der Waals surface area contributed by atoms with E-state index in [2.05, 4.69) is 25.0 Å². The fourth-order valence-corrected chi connectivity index (χ4v) is 1.48. The van der Waals surface area contributed by atoms with Crippen molar-refractivity contribution in [1.29, 1.82) is 0 Å². The summed E-state index contributed by atoms with van der Waals surface area (Å²) in [5.74, 6) is 0.916. The average molecular weight is 250 g/mol. The van der Waals surface area contributed by atoms with Crippen molar-refractivity contribution < 1.29 is 13.3 Å². The standard InChI is InChI=1S/C8H17.Na.H2O3S2/c1-4-5-6-7-8(2)3;;1-5(2,3)4/h8H,1,4-7H2,2-3H3;;(H2,1,2,3,4). The predicted octanol–water partition coefficient (Wildman–Crippen LogP) is 2.47. The minimum atomic E-state index is -3.83. The zero-order chi connectivity index (χ0) is 11.6. The smallest absolute Gasteiger partial charge is 0.263 e. The van der Waals surface area contributed by atoms with Gasteiger partial charge < -0.3 is 0 Å². The molecule has 0 aliphatic carbocycles. The molecule has 0 amide bonds. The zero-order valence-corrected chi connectivity index (χ0v) is 12.9. The SMILES string of the molecule is CC(C)CCCC[CH2][Na].O=S(O)(O)=S. The molecule has 0 atom stereocenters. The van der Waals surface area contributed by atoms with Crippen LogP contribution in [0.2, 0.25) is 3.67 Å². The fourth-order valence-electron chi connectivity index (χ4n) is 0.979. The van der Waals surface area contributed by atoms with Crippen LogP contribution in [0.15, 0.2) is 0 Å². The molecule has 0 spiro atoms. The van der Waals surface area contributed by atoms with Crippen molar-refractivity contribution in [3.8, 4) is 0 Å². The molecule has 3 nitrogen and oxygen atoms in total. The molecular formula is C8H19NaO3S2. The first kappa shape index (κ1) is 17.7. The van der Waals surface area contributed by atoms with E-state index in [1.54, 1.807) is 0 Å². The summed E-state index contributed by atoms with van der Waals surface area (Å²) in [6, 6.07) is 0. The maximum Gasteiger partial charge on any atom is 0.263 e. The van der Waals surface area contributed by atoms with Gasteiger partial charge in [-0.05, 0) is 0 Å². The fraction of sp³-hybridized carbons (Fsp3) is 1.00. The van der Waals surface area contributed by atoms with Gasteiger partial charge in [-0.15, -0.1) is 0 Å². The second-order valence-corrected chi connectivity index (χ2v) is 6.89. The van der Waals surface area contributed by atoms with Gasteiger partial charge in [-0.25, -0.2) is 0 Å². The van der Waals surface area contributed by atoms with Crippen LogP contribution in [0.5, 0.6) is 0 Å². The second kappa shape index (κ2) is 10.8. The molecule has 0 radical (unpaired) electrons. The van der Waals surface area contributed by atoms with Crippen LogP contribution >= 0.6 is 0 Å². The van der Waals surface area contributed by atoms with Gasteiger partial charge in [0.2, 0.25) is 0 Å². The van der Waals surface area contributed by atoms with Gasteiger partial charge >= 0.3 is 77.0 Å². The maximum atomic E-state index is 9.11. The van der Waals surface area contributed by atoms with Crippen molar-refractivity contribution >= 4 is 48.2 Å². The summed E-state index contributed by atoms with van der Waals surface area (Å²) in [4.78, 5) is 0. The summed E-state index contributed by atoms with van der Waals surface area (Å²) < 4.78 is 25.4. The molecule has 82 valence electrons. The van der Waals surface area contributed by atoms with Gasteiger partial charge in [0.15, 0.2) is 0 Å². The van der Waals surface area contributed by atoms with Crippen molar-refractivity contribution in [3.05, 3.63) is 0 Å². The molecule has 0 saturated carbocycles. The van der Waals surface area contributed by atoms with E-state index in [0.717, 1.165) is 5.92 Å². The van der Waals surface area contributed by atoms with E-state index in [9.17, 15) is 0 Å². The minimum absolute atomic E-state index is 0.916. The van der Waals surface area contributed by atoms with E-state index in [-0.39, 0.29) is 0 Å². The molecule has 0 bridgehead atoms. The van der Waals surface area contributed by atoms with Crippen molar-refractivity contribution in [2.75, 3.05) is 0 Å². The quantitative estimate of drug-likeness (QED) is 0.581. The van der Waals surface area contributed by atoms with Gasteiger partial charge in [0.05, 0.1) is 0 Å². The molecule has 2 N–H and O–H groups in total. The molecule has 0 aromatic carbocycles. The van der Waals surface area contributed by atoms with Gasteiger partial charge in [0.25, 0.3) is 9.05 Å². The van der Waals surface area contributed by atoms with Crippen LogP contribution < -0.4 is 0 Å². The Kier molecular flexibility index (Phi) is 13.6. The largest absolute Gasteiger partial charge is 0.285 e. The van der Waals surface area contributed by atoms with Gasteiger partial charge in [0, 0.05) is 11.2 Å². The summed E-state index contributed by atoms with van der Waals surface area (Å²) in [7, 11) is -3.83. The molecule has 0 rings (SSSR count). The van der Waals surface area contributed by atoms with E-state index < -0.39 is 9.05 Å². The molecular weight excluding hydrogens is 231 g/mol. The summed E-state index contributed by atoms with van der Waals surface area (Å²) in [6.07, 6.45) is 5.85. The van der Waals surface area contributed by atoms with E-state index >= 15 is 0 Å². The molecule has 0 aromatic heterocycles. The number of rotatable bonds is 5. The van der Waals surface area contributed by atoms with Crippen LogP contribution in [0.3, 0.4) is 0 Å². The zero-order valence-electron chi connectivity index (χ0n) is 9.23.